The summed E-state index contributed by atoms with van der Waals surface area (Å²) in [6.07, 6.45) is 2.81. The molecule has 0 aliphatic heterocycles. The summed E-state index contributed by atoms with van der Waals surface area (Å²) in [6.45, 7) is 5.02. The predicted molar refractivity (Wildman–Crippen MR) is 69.4 cm³/mol. The average molecular weight is 245 g/mol. The molecule has 1 fully saturated rings. The van der Waals surface area contributed by atoms with Crippen molar-refractivity contribution in [3.05, 3.63) is 23.0 Å². The van der Waals surface area contributed by atoms with Crippen molar-refractivity contribution in [2.24, 2.45) is 0 Å². The molecule has 1 aromatic rings. The van der Waals surface area contributed by atoms with Crippen molar-refractivity contribution in [1.82, 2.24) is 9.88 Å². The fourth-order valence-electron chi connectivity index (χ4n) is 2.31. The first-order valence-electron chi connectivity index (χ1n) is 6.42. The van der Waals surface area contributed by atoms with E-state index in [9.17, 15) is 4.79 Å². The van der Waals surface area contributed by atoms with Crippen molar-refractivity contribution < 1.29 is 4.79 Å². The first-order chi connectivity index (χ1) is 8.61. The Morgan fingerprint density at radius 3 is 2.78 bits per heavy atom. The van der Waals surface area contributed by atoms with Crippen LogP contribution in [0.15, 0.2) is 6.07 Å². The molecule has 0 radical (unpaired) electrons. The molecule has 1 aliphatic carbocycles. The zero-order valence-corrected chi connectivity index (χ0v) is 11.0. The average Bonchev–Trinajstić information content (AvgIpc) is 3.10. The van der Waals surface area contributed by atoms with Crippen LogP contribution in [-0.2, 0) is 0 Å². The van der Waals surface area contributed by atoms with Gasteiger partial charge in [0, 0.05) is 36.0 Å². The number of carbonyl (C=O) groups is 1. The molecule has 2 rings (SSSR count). The van der Waals surface area contributed by atoms with E-state index in [1.165, 1.54) is 0 Å². The fraction of sp³-hybridized carbons (Fsp3) is 0.571. The molecule has 0 bridgehead atoms. The van der Waals surface area contributed by atoms with Crippen LogP contribution >= 0.6 is 0 Å². The Morgan fingerprint density at radius 2 is 2.28 bits per heavy atom. The van der Waals surface area contributed by atoms with Crippen LogP contribution in [0.5, 0.6) is 0 Å². The van der Waals surface area contributed by atoms with Gasteiger partial charge in [-0.2, -0.15) is 5.26 Å². The van der Waals surface area contributed by atoms with E-state index >= 15 is 0 Å². The van der Waals surface area contributed by atoms with Crippen molar-refractivity contribution in [1.29, 1.82) is 5.26 Å². The molecule has 4 heteroatoms. The second kappa shape index (κ2) is 5.36. The third kappa shape index (κ3) is 2.99. The Morgan fingerprint density at radius 1 is 1.56 bits per heavy atom. The Hall–Kier alpha value is -1.60. The number of nitrogens with zero attached hydrogens (tertiary/aromatic N) is 2. The SMILES string of the molecule is Cc1cc(C(=O)CN(CCC#N)C2CC2)c(C)[nH]1. The molecule has 1 aromatic heterocycles. The first kappa shape index (κ1) is 12.8. The molecule has 0 aromatic carbocycles. The second-order valence-corrected chi connectivity index (χ2v) is 5.02. The van der Waals surface area contributed by atoms with Crippen LogP contribution in [0.2, 0.25) is 0 Å². The number of carbonyl (C=O) groups excluding carboxylic acids is 1. The highest BCUT2D eigenvalue weighted by Crippen LogP contribution is 2.27. The van der Waals surface area contributed by atoms with Crippen LogP contribution in [0.3, 0.4) is 0 Å². The fourth-order valence-corrected chi connectivity index (χ4v) is 2.31. The molecule has 96 valence electrons. The van der Waals surface area contributed by atoms with Crippen LogP contribution in [0, 0.1) is 25.2 Å². The monoisotopic (exact) mass is 245 g/mol. The first-order valence-corrected chi connectivity index (χ1v) is 6.42. The van der Waals surface area contributed by atoms with Crippen LogP contribution in [0.1, 0.15) is 41.0 Å². The van der Waals surface area contributed by atoms with Crippen molar-refractivity contribution in [2.45, 2.75) is 39.2 Å². The lowest BCUT2D eigenvalue weighted by Crippen LogP contribution is -2.32. The minimum atomic E-state index is 0.154. The smallest absolute Gasteiger partial charge is 0.178 e. The largest absolute Gasteiger partial charge is 0.362 e. The number of hydrogen-bond donors (Lipinski definition) is 1. The van der Waals surface area contributed by atoms with Gasteiger partial charge in [-0.05, 0) is 32.8 Å². The molecule has 0 saturated heterocycles. The van der Waals surface area contributed by atoms with E-state index in [0.717, 1.165) is 29.8 Å². The van der Waals surface area contributed by atoms with Crippen molar-refractivity contribution in [3.8, 4) is 6.07 Å². The Bertz CT molecular complexity index is 480. The molecule has 18 heavy (non-hydrogen) atoms. The van der Waals surface area contributed by atoms with Gasteiger partial charge in [0.15, 0.2) is 5.78 Å². The number of aryl methyl sites for hydroxylation is 2. The van der Waals surface area contributed by atoms with Crippen LogP contribution in [-0.4, -0.2) is 34.8 Å². The third-order valence-electron chi connectivity index (χ3n) is 3.37. The number of rotatable bonds is 6. The van der Waals surface area contributed by atoms with Crippen molar-refractivity contribution >= 4 is 5.78 Å². The molecule has 1 heterocycles. The minimum absolute atomic E-state index is 0.154. The highest BCUT2D eigenvalue weighted by molar-refractivity contribution is 5.98. The number of nitrogens with one attached hydrogen (secondary N) is 1. The van der Waals surface area contributed by atoms with Crippen molar-refractivity contribution in [3.63, 3.8) is 0 Å². The molecular formula is C14H19N3O. The molecule has 0 atom stereocenters. The molecule has 4 nitrogen and oxygen atoms in total. The van der Waals surface area contributed by atoms with Gasteiger partial charge in [0.2, 0.25) is 0 Å². The maximum Gasteiger partial charge on any atom is 0.178 e. The van der Waals surface area contributed by atoms with Crippen molar-refractivity contribution in [2.75, 3.05) is 13.1 Å². The van der Waals surface area contributed by atoms with Gasteiger partial charge in [0.25, 0.3) is 0 Å². The number of ketones is 1. The summed E-state index contributed by atoms with van der Waals surface area (Å²) in [5.41, 5.74) is 2.74. The van der Waals surface area contributed by atoms with Gasteiger partial charge in [0.05, 0.1) is 12.6 Å². The Balaban J connectivity index is 2.00. The van der Waals surface area contributed by atoms with Crippen LogP contribution in [0.4, 0.5) is 0 Å². The summed E-state index contributed by atoms with van der Waals surface area (Å²) < 4.78 is 0. The topological polar surface area (TPSA) is 59.9 Å². The minimum Gasteiger partial charge on any atom is -0.362 e. The lowest BCUT2D eigenvalue weighted by molar-refractivity contribution is 0.0926. The molecular weight excluding hydrogens is 226 g/mol. The lowest BCUT2D eigenvalue weighted by Gasteiger charge is -2.19. The quantitative estimate of drug-likeness (QED) is 0.781. The lowest BCUT2D eigenvalue weighted by atomic mass is 10.1. The van der Waals surface area contributed by atoms with Crippen LogP contribution < -0.4 is 0 Å². The molecule has 1 aliphatic rings. The van der Waals surface area contributed by atoms with E-state index in [0.29, 0.717) is 25.6 Å². The van der Waals surface area contributed by atoms with E-state index in [4.69, 9.17) is 5.26 Å². The maximum absolute atomic E-state index is 12.2. The summed E-state index contributed by atoms with van der Waals surface area (Å²) in [6, 6.07) is 4.58. The number of H-pyrrole nitrogens is 1. The Labute approximate surface area is 108 Å². The van der Waals surface area contributed by atoms with E-state index in [-0.39, 0.29) is 5.78 Å². The number of nitriles is 1. The molecule has 0 unspecified atom stereocenters. The third-order valence-corrected chi connectivity index (χ3v) is 3.37. The highest BCUT2D eigenvalue weighted by Gasteiger charge is 2.30. The van der Waals surface area contributed by atoms with Gasteiger partial charge in [-0.15, -0.1) is 0 Å². The maximum atomic E-state index is 12.2. The highest BCUT2D eigenvalue weighted by atomic mass is 16.1. The summed E-state index contributed by atoms with van der Waals surface area (Å²) >= 11 is 0. The van der Waals surface area contributed by atoms with Gasteiger partial charge < -0.3 is 4.98 Å². The summed E-state index contributed by atoms with van der Waals surface area (Å²) in [4.78, 5) is 17.5. The van der Waals surface area contributed by atoms with Gasteiger partial charge in [-0.25, -0.2) is 0 Å². The van der Waals surface area contributed by atoms with E-state index in [1.807, 2.05) is 19.9 Å². The molecule has 0 amide bonds. The normalized spacial score (nSPS) is 14.8. The molecule has 0 spiro atoms. The number of Topliss-reactive ketones (excluding diaryl/α,β-unsaturated/α-hetero) is 1. The van der Waals surface area contributed by atoms with E-state index < -0.39 is 0 Å². The number of aromatic nitrogens is 1. The zero-order chi connectivity index (χ0) is 13.1. The van der Waals surface area contributed by atoms with Gasteiger partial charge in [-0.1, -0.05) is 0 Å². The second-order valence-electron chi connectivity index (χ2n) is 5.02. The van der Waals surface area contributed by atoms with Gasteiger partial charge >= 0.3 is 0 Å². The Kier molecular flexibility index (Phi) is 3.83. The summed E-state index contributed by atoms with van der Waals surface area (Å²) in [5, 5.41) is 8.65. The van der Waals surface area contributed by atoms with E-state index in [1.54, 1.807) is 0 Å². The molecule has 1 saturated carbocycles. The van der Waals surface area contributed by atoms with Gasteiger partial charge in [-0.3, -0.25) is 9.69 Å². The summed E-state index contributed by atoms with van der Waals surface area (Å²) in [5.74, 6) is 0.154. The summed E-state index contributed by atoms with van der Waals surface area (Å²) in [7, 11) is 0. The zero-order valence-electron chi connectivity index (χ0n) is 11.0. The van der Waals surface area contributed by atoms with Crippen LogP contribution in [0.25, 0.3) is 0 Å². The number of aromatic amines is 1. The predicted octanol–water partition coefficient (Wildman–Crippen LogP) is 2.19. The van der Waals surface area contributed by atoms with Gasteiger partial charge in [0.1, 0.15) is 0 Å². The van der Waals surface area contributed by atoms with E-state index in [2.05, 4.69) is 16.0 Å². The standard InChI is InChI=1S/C14H19N3O/c1-10-8-13(11(2)16-10)14(18)9-17(7-3-6-15)12-4-5-12/h8,12,16H,3-5,7,9H2,1-2H3. The number of hydrogen-bond acceptors (Lipinski definition) is 3. The molecule has 1 N–H and O–H groups in total.